The summed E-state index contributed by atoms with van der Waals surface area (Å²) in [5.74, 6) is 1.46. The van der Waals surface area contributed by atoms with Gasteiger partial charge in [0, 0.05) is 17.6 Å². The number of halogens is 1. The van der Waals surface area contributed by atoms with Gasteiger partial charge in [-0.1, -0.05) is 81.1 Å². The number of benzene rings is 3. The lowest BCUT2D eigenvalue weighted by Crippen LogP contribution is -2.13. The highest BCUT2D eigenvalue weighted by atomic mass is 19.1. The van der Waals surface area contributed by atoms with Crippen molar-refractivity contribution in [3.8, 4) is 28.0 Å². The molecular formula is C38H47FO4. The van der Waals surface area contributed by atoms with Crippen LogP contribution < -0.4 is 4.74 Å². The van der Waals surface area contributed by atoms with E-state index in [2.05, 4.69) is 31.2 Å². The Morgan fingerprint density at radius 1 is 0.930 bits per heavy atom. The number of ether oxygens (including phenoxy) is 2. The van der Waals surface area contributed by atoms with Crippen LogP contribution in [0.4, 0.5) is 4.39 Å². The average Bonchev–Trinajstić information content (AvgIpc) is 3.04. The van der Waals surface area contributed by atoms with Crippen LogP contribution >= 0.6 is 0 Å². The largest absolute Gasteiger partial charge is 0.491 e. The number of carbonyl (C=O) groups excluding carboxylic acids is 1. The van der Waals surface area contributed by atoms with E-state index in [0.29, 0.717) is 29.2 Å². The lowest BCUT2D eigenvalue weighted by atomic mass is 9.77. The molecule has 230 valence electrons. The molecule has 3 aromatic carbocycles. The summed E-state index contributed by atoms with van der Waals surface area (Å²) in [6.45, 7) is 6.05. The van der Waals surface area contributed by atoms with E-state index < -0.39 is 0 Å². The SMILES string of the molecule is C/C=C(\C)C(=O)OCCc1cc(OCCO)ccc1-c1ccc(-c2ccc(C3CCC(CCCCC)CC3)cc2)c(F)c1. The molecule has 4 nitrogen and oxygen atoms in total. The first-order chi connectivity index (χ1) is 20.9. The number of carbonyl (C=O) groups is 1. The Morgan fingerprint density at radius 2 is 1.65 bits per heavy atom. The maximum Gasteiger partial charge on any atom is 0.333 e. The summed E-state index contributed by atoms with van der Waals surface area (Å²) in [6, 6.07) is 19.4. The predicted molar refractivity (Wildman–Crippen MR) is 173 cm³/mol. The maximum absolute atomic E-state index is 15.6. The highest BCUT2D eigenvalue weighted by Gasteiger charge is 2.22. The van der Waals surface area contributed by atoms with Crippen LogP contribution in [0, 0.1) is 11.7 Å². The van der Waals surface area contributed by atoms with Crippen molar-refractivity contribution in [2.75, 3.05) is 19.8 Å². The molecule has 0 aliphatic heterocycles. The minimum Gasteiger partial charge on any atom is -0.491 e. The van der Waals surface area contributed by atoms with Crippen LogP contribution in [0.25, 0.3) is 22.3 Å². The van der Waals surface area contributed by atoms with Crippen molar-refractivity contribution in [1.29, 1.82) is 0 Å². The first-order valence-corrected chi connectivity index (χ1v) is 16.0. The number of unbranched alkanes of at least 4 members (excludes halogenated alkanes) is 2. The number of hydrogen-bond acceptors (Lipinski definition) is 4. The second kappa shape index (κ2) is 16.4. The first kappa shape index (κ1) is 32.5. The third kappa shape index (κ3) is 9.03. The molecule has 1 saturated carbocycles. The summed E-state index contributed by atoms with van der Waals surface area (Å²) in [7, 11) is 0. The molecule has 1 N–H and O–H groups in total. The van der Waals surface area contributed by atoms with E-state index in [1.54, 1.807) is 26.0 Å². The van der Waals surface area contributed by atoms with E-state index in [1.165, 1.54) is 56.9 Å². The third-order valence-corrected chi connectivity index (χ3v) is 8.83. The summed E-state index contributed by atoms with van der Waals surface area (Å²) in [6.07, 6.45) is 12.7. The molecule has 0 unspecified atom stereocenters. The zero-order chi connectivity index (χ0) is 30.6. The molecule has 43 heavy (non-hydrogen) atoms. The minimum absolute atomic E-state index is 0.0920. The van der Waals surface area contributed by atoms with Crippen LogP contribution in [0.3, 0.4) is 0 Å². The molecule has 0 amide bonds. The number of hydrogen-bond donors (Lipinski definition) is 1. The fourth-order valence-corrected chi connectivity index (χ4v) is 6.12. The van der Waals surface area contributed by atoms with Crippen LogP contribution in [0.1, 0.15) is 89.2 Å². The maximum atomic E-state index is 15.6. The number of aliphatic hydroxyl groups is 1. The number of aliphatic hydroxyl groups excluding tert-OH is 1. The number of esters is 1. The van der Waals surface area contributed by atoms with Crippen molar-refractivity contribution in [1.82, 2.24) is 0 Å². The molecule has 1 fully saturated rings. The molecule has 0 saturated heterocycles. The third-order valence-electron chi connectivity index (χ3n) is 8.83. The summed E-state index contributed by atoms with van der Waals surface area (Å²) < 4.78 is 26.6. The van der Waals surface area contributed by atoms with Crippen molar-refractivity contribution in [2.45, 2.75) is 84.5 Å². The molecule has 4 rings (SSSR count). The highest BCUT2D eigenvalue weighted by Crippen LogP contribution is 2.39. The van der Waals surface area contributed by atoms with Crippen LogP contribution in [0.5, 0.6) is 5.75 Å². The van der Waals surface area contributed by atoms with Gasteiger partial charge < -0.3 is 14.6 Å². The van der Waals surface area contributed by atoms with Gasteiger partial charge in [-0.3, -0.25) is 0 Å². The van der Waals surface area contributed by atoms with E-state index in [1.807, 2.05) is 30.3 Å². The highest BCUT2D eigenvalue weighted by molar-refractivity contribution is 5.87. The van der Waals surface area contributed by atoms with E-state index in [4.69, 9.17) is 14.6 Å². The van der Waals surface area contributed by atoms with E-state index in [0.717, 1.165) is 28.2 Å². The van der Waals surface area contributed by atoms with Crippen LogP contribution in [0.15, 0.2) is 72.3 Å². The second-order valence-electron chi connectivity index (χ2n) is 11.8. The molecule has 0 heterocycles. The fourth-order valence-electron chi connectivity index (χ4n) is 6.12. The van der Waals surface area contributed by atoms with Gasteiger partial charge in [-0.2, -0.15) is 0 Å². The summed E-state index contributed by atoms with van der Waals surface area (Å²) >= 11 is 0. The van der Waals surface area contributed by atoms with Gasteiger partial charge in [0.15, 0.2) is 0 Å². The normalized spacial score (nSPS) is 17.1. The Morgan fingerprint density at radius 3 is 2.33 bits per heavy atom. The van der Waals surface area contributed by atoms with Gasteiger partial charge in [-0.25, -0.2) is 9.18 Å². The molecule has 3 aromatic rings. The van der Waals surface area contributed by atoms with Gasteiger partial charge in [0.2, 0.25) is 0 Å². The standard InChI is InChI=1S/C38H47FO4/c1-4-6-7-8-28-9-11-29(12-10-28)30-13-15-31(16-14-30)36-19-17-32(26-37(36)39)35-20-18-34(42-24-22-40)25-33(35)21-23-43-38(41)27(3)5-2/h5,13-20,25-26,28-29,40H,4,6-12,21-24H2,1-3H3/b27-5+. The Bertz CT molecular complexity index is 1350. The van der Waals surface area contributed by atoms with E-state index in [9.17, 15) is 4.79 Å². The summed E-state index contributed by atoms with van der Waals surface area (Å²) in [4.78, 5) is 12.1. The fraction of sp³-hybridized carbons (Fsp3) is 0.447. The Hall–Kier alpha value is -3.44. The zero-order valence-corrected chi connectivity index (χ0v) is 26.0. The lowest BCUT2D eigenvalue weighted by Gasteiger charge is -2.29. The van der Waals surface area contributed by atoms with Crippen LogP contribution in [-0.4, -0.2) is 30.9 Å². The monoisotopic (exact) mass is 586 g/mol. The molecule has 1 aliphatic carbocycles. The minimum atomic E-state index is -0.353. The summed E-state index contributed by atoms with van der Waals surface area (Å²) in [5, 5.41) is 9.15. The van der Waals surface area contributed by atoms with Gasteiger partial charge in [0.05, 0.1) is 13.2 Å². The van der Waals surface area contributed by atoms with Crippen molar-refractivity contribution < 1.29 is 23.8 Å². The van der Waals surface area contributed by atoms with Crippen LogP contribution in [0.2, 0.25) is 0 Å². The van der Waals surface area contributed by atoms with Crippen LogP contribution in [-0.2, 0) is 16.0 Å². The van der Waals surface area contributed by atoms with Crippen molar-refractivity contribution in [3.05, 3.63) is 89.3 Å². The van der Waals surface area contributed by atoms with Gasteiger partial charge in [0.25, 0.3) is 0 Å². The summed E-state index contributed by atoms with van der Waals surface area (Å²) in [5.41, 5.74) is 5.84. The van der Waals surface area contributed by atoms with Gasteiger partial charge >= 0.3 is 5.97 Å². The van der Waals surface area contributed by atoms with Gasteiger partial charge in [-0.15, -0.1) is 0 Å². The molecule has 0 aromatic heterocycles. The van der Waals surface area contributed by atoms with Crippen molar-refractivity contribution in [3.63, 3.8) is 0 Å². The molecule has 1 aliphatic rings. The topological polar surface area (TPSA) is 55.8 Å². The molecule has 0 radical (unpaired) electrons. The quantitative estimate of drug-likeness (QED) is 0.116. The van der Waals surface area contributed by atoms with E-state index >= 15 is 4.39 Å². The number of allylic oxidation sites excluding steroid dienone is 1. The smallest absolute Gasteiger partial charge is 0.333 e. The molecule has 5 heteroatoms. The Balaban J connectivity index is 1.46. The first-order valence-electron chi connectivity index (χ1n) is 16.0. The predicted octanol–water partition coefficient (Wildman–Crippen LogP) is 9.44. The second-order valence-corrected chi connectivity index (χ2v) is 11.8. The van der Waals surface area contributed by atoms with Gasteiger partial charge in [-0.05, 0) is 97.4 Å². The zero-order valence-electron chi connectivity index (χ0n) is 26.0. The van der Waals surface area contributed by atoms with Crippen molar-refractivity contribution >= 4 is 5.97 Å². The number of rotatable bonds is 14. The Labute approximate surface area is 256 Å². The molecule has 0 spiro atoms. The molecular weight excluding hydrogens is 539 g/mol. The van der Waals surface area contributed by atoms with Crippen molar-refractivity contribution in [2.24, 2.45) is 5.92 Å². The lowest BCUT2D eigenvalue weighted by molar-refractivity contribution is -0.138. The molecule has 0 atom stereocenters. The average molecular weight is 587 g/mol. The Kier molecular flexibility index (Phi) is 12.4. The van der Waals surface area contributed by atoms with Gasteiger partial charge in [0.1, 0.15) is 18.2 Å². The van der Waals surface area contributed by atoms with E-state index in [-0.39, 0.29) is 31.6 Å². The molecule has 0 bridgehead atoms.